The molecule has 0 fully saturated rings. The molecule has 1 heterocycles. The molecule has 0 radical (unpaired) electrons. The van der Waals surface area contributed by atoms with E-state index in [2.05, 4.69) is 11.1 Å². The van der Waals surface area contributed by atoms with Gasteiger partial charge < -0.3 is 4.90 Å². The Morgan fingerprint density at radius 3 is 2.78 bits per heavy atom. The Balaban J connectivity index is 2.81. The van der Waals surface area contributed by atoms with Crippen LogP contribution in [0.4, 0.5) is 0 Å². The van der Waals surface area contributed by atoms with Gasteiger partial charge in [-0.3, -0.25) is 4.79 Å². The highest BCUT2D eigenvalue weighted by Gasteiger charge is 2.17. The lowest BCUT2D eigenvalue weighted by Gasteiger charge is -2.23. The van der Waals surface area contributed by atoms with Gasteiger partial charge in [-0.25, -0.2) is 4.98 Å². The molecule has 0 spiro atoms. The fraction of sp³-hybridized carbons (Fsp3) is 0.462. The van der Waals surface area contributed by atoms with Gasteiger partial charge in [0.05, 0.1) is 17.5 Å². The quantitative estimate of drug-likeness (QED) is 0.823. The van der Waals surface area contributed by atoms with Crippen molar-refractivity contribution < 1.29 is 4.79 Å². The van der Waals surface area contributed by atoms with Crippen molar-refractivity contribution >= 4 is 17.5 Å². The number of rotatable bonds is 5. The number of nitriles is 1. The first-order valence-electron chi connectivity index (χ1n) is 5.82. The molecule has 18 heavy (non-hydrogen) atoms. The van der Waals surface area contributed by atoms with E-state index in [1.54, 1.807) is 17.0 Å². The fourth-order valence-electron chi connectivity index (χ4n) is 1.57. The van der Waals surface area contributed by atoms with Crippen LogP contribution in [0.15, 0.2) is 18.3 Å². The highest BCUT2D eigenvalue weighted by molar-refractivity contribution is 6.30. The third kappa shape index (κ3) is 4.34. The van der Waals surface area contributed by atoms with E-state index in [-0.39, 0.29) is 5.91 Å². The average Bonchev–Trinajstić information content (AvgIpc) is 2.34. The molecular formula is C13H16ClN3O. The van der Waals surface area contributed by atoms with E-state index in [9.17, 15) is 4.79 Å². The highest BCUT2D eigenvalue weighted by Crippen LogP contribution is 2.10. The van der Waals surface area contributed by atoms with E-state index < -0.39 is 0 Å². The molecule has 0 N–H and O–H groups in total. The van der Waals surface area contributed by atoms with Gasteiger partial charge >= 0.3 is 0 Å². The molecule has 1 rings (SSSR count). The van der Waals surface area contributed by atoms with Gasteiger partial charge in [-0.05, 0) is 18.1 Å². The number of aromatic nitrogens is 1. The number of nitrogens with zero attached hydrogens (tertiary/aromatic N) is 3. The lowest BCUT2D eigenvalue weighted by molar-refractivity contribution is 0.0734. The maximum atomic E-state index is 12.2. The SMILES string of the molecule is CC(C)CN(CCC#N)C(=O)c1ccc(Cl)cn1. The van der Waals surface area contributed by atoms with Gasteiger partial charge in [0.2, 0.25) is 0 Å². The minimum absolute atomic E-state index is 0.157. The number of halogens is 1. The van der Waals surface area contributed by atoms with Gasteiger partial charge in [0.1, 0.15) is 5.69 Å². The molecule has 0 aromatic carbocycles. The Hall–Kier alpha value is -1.60. The average molecular weight is 266 g/mol. The molecule has 0 atom stereocenters. The summed E-state index contributed by atoms with van der Waals surface area (Å²) < 4.78 is 0. The zero-order valence-electron chi connectivity index (χ0n) is 10.6. The molecule has 0 saturated carbocycles. The van der Waals surface area contributed by atoms with Crippen molar-refractivity contribution in [1.29, 1.82) is 5.26 Å². The van der Waals surface area contributed by atoms with Crippen molar-refractivity contribution in [2.45, 2.75) is 20.3 Å². The van der Waals surface area contributed by atoms with Crippen LogP contribution in [-0.2, 0) is 0 Å². The van der Waals surface area contributed by atoms with Gasteiger partial charge in [-0.15, -0.1) is 0 Å². The molecule has 0 aliphatic rings. The van der Waals surface area contributed by atoms with Crippen molar-refractivity contribution in [3.63, 3.8) is 0 Å². The van der Waals surface area contributed by atoms with E-state index in [0.717, 1.165) is 0 Å². The van der Waals surface area contributed by atoms with Crippen molar-refractivity contribution in [1.82, 2.24) is 9.88 Å². The third-order valence-electron chi connectivity index (χ3n) is 2.31. The fourth-order valence-corrected chi connectivity index (χ4v) is 1.68. The minimum Gasteiger partial charge on any atom is -0.336 e. The minimum atomic E-state index is -0.157. The van der Waals surface area contributed by atoms with E-state index >= 15 is 0 Å². The molecule has 96 valence electrons. The predicted molar refractivity (Wildman–Crippen MR) is 70.2 cm³/mol. The summed E-state index contributed by atoms with van der Waals surface area (Å²) in [6, 6.07) is 5.29. The zero-order chi connectivity index (χ0) is 13.5. The molecule has 1 aromatic rings. The van der Waals surface area contributed by atoms with Crippen LogP contribution in [0, 0.1) is 17.2 Å². The van der Waals surface area contributed by atoms with Crippen LogP contribution in [0.5, 0.6) is 0 Å². The number of carbonyl (C=O) groups is 1. The Bertz CT molecular complexity index is 437. The van der Waals surface area contributed by atoms with E-state index in [1.165, 1.54) is 6.20 Å². The largest absolute Gasteiger partial charge is 0.336 e. The van der Waals surface area contributed by atoms with Crippen LogP contribution in [0.1, 0.15) is 30.8 Å². The Kier molecular flexibility index (Phi) is 5.60. The second-order valence-corrected chi connectivity index (χ2v) is 4.85. The first kappa shape index (κ1) is 14.5. The van der Waals surface area contributed by atoms with Crippen molar-refractivity contribution in [2.75, 3.05) is 13.1 Å². The normalized spacial score (nSPS) is 10.2. The Labute approximate surface area is 112 Å². The van der Waals surface area contributed by atoms with Crippen LogP contribution in [0.3, 0.4) is 0 Å². The lowest BCUT2D eigenvalue weighted by Crippen LogP contribution is -2.35. The van der Waals surface area contributed by atoms with Crippen LogP contribution in [0.2, 0.25) is 5.02 Å². The van der Waals surface area contributed by atoms with E-state index in [4.69, 9.17) is 16.9 Å². The summed E-state index contributed by atoms with van der Waals surface area (Å²) in [6.07, 6.45) is 1.78. The molecule has 0 unspecified atom stereocenters. The lowest BCUT2D eigenvalue weighted by atomic mass is 10.2. The van der Waals surface area contributed by atoms with E-state index in [0.29, 0.717) is 36.1 Å². The predicted octanol–water partition coefficient (Wildman–Crippen LogP) is 2.75. The monoisotopic (exact) mass is 265 g/mol. The molecule has 4 nitrogen and oxygen atoms in total. The first-order chi connectivity index (χ1) is 8.54. The first-order valence-corrected chi connectivity index (χ1v) is 6.20. The molecule has 0 saturated heterocycles. The maximum Gasteiger partial charge on any atom is 0.272 e. The standard InChI is InChI=1S/C13H16ClN3O/c1-10(2)9-17(7-3-6-15)13(18)12-5-4-11(14)8-16-12/h4-5,8,10H,3,7,9H2,1-2H3. The van der Waals surface area contributed by atoms with Gasteiger partial charge in [-0.1, -0.05) is 25.4 Å². The van der Waals surface area contributed by atoms with Gasteiger partial charge in [0, 0.05) is 19.3 Å². The zero-order valence-corrected chi connectivity index (χ0v) is 11.3. The molecule has 0 bridgehead atoms. The van der Waals surface area contributed by atoms with Crippen LogP contribution < -0.4 is 0 Å². The summed E-state index contributed by atoms with van der Waals surface area (Å²) in [6.45, 7) is 5.10. The smallest absolute Gasteiger partial charge is 0.272 e. The summed E-state index contributed by atoms with van der Waals surface area (Å²) in [4.78, 5) is 17.9. The summed E-state index contributed by atoms with van der Waals surface area (Å²) in [5.41, 5.74) is 0.359. The highest BCUT2D eigenvalue weighted by atomic mass is 35.5. The second-order valence-electron chi connectivity index (χ2n) is 4.41. The van der Waals surface area contributed by atoms with Gasteiger partial charge in [0.15, 0.2) is 0 Å². The summed E-state index contributed by atoms with van der Waals surface area (Å²) >= 11 is 5.73. The topological polar surface area (TPSA) is 57.0 Å². The second kappa shape index (κ2) is 6.97. The van der Waals surface area contributed by atoms with Crippen LogP contribution in [-0.4, -0.2) is 28.9 Å². The van der Waals surface area contributed by atoms with Crippen molar-refractivity contribution in [2.24, 2.45) is 5.92 Å². The molecule has 1 aromatic heterocycles. The molecule has 0 aliphatic heterocycles. The van der Waals surface area contributed by atoms with Crippen LogP contribution in [0.25, 0.3) is 0 Å². The Morgan fingerprint density at radius 2 is 2.28 bits per heavy atom. The number of hydrogen-bond acceptors (Lipinski definition) is 3. The number of pyridine rings is 1. The molecule has 1 amide bonds. The number of hydrogen-bond donors (Lipinski definition) is 0. The Morgan fingerprint density at radius 1 is 1.56 bits per heavy atom. The van der Waals surface area contributed by atoms with E-state index in [1.807, 2.05) is 13.8 Å². The maximum absolute atomic E-state index is 12.2. The molecule has 5 heteroatoms. The summed E-state index contributed by atoms with van der Waals surface area (Å²) in [5.74, 6) is 0.190. The van der Waals surface area contributed by atoms with Gasteiger partial charge in [-0.2, -0.15) is 5.26 Å². The molecular weight excluding hydrogens is 250 g/mol. The summed E-state index contributed by atoms with van der Waals surface area (Å²) in [7, 11) is 0. The summed E-state index contributed by atoms with van der Waals surface area (Å²) in [5, 5.41) is 9.12. The van der Waals surface area contributed by atoms with Crippen LogP contribution >= 0.6 is 11.6 Å². The third-order valence-corrected chi connectivity index (χ3v) is 2.54. The number of carbonyl (C=O) groups excluding carboxylic acids is 1. The van der Waals surface area contributed by atoms with Crippen molar-refractivity contribution in [3.8, 4) is 6.07 Å². The van der Waals surface area contributed by atoms with Gasteiger partial charge in [0.25, 0.3) is 5.91 Å². The molecule has 0 aliphatic carbocycles. The van der Waals surface area contributed by atoms with Crippen molar-refractivity contribution in [3.05, 3.63) is 29.0 Å². The number of amides is 1.